The second-order valence-corrected chi connectivity index (χ2v) is 13.3. The van der Waals surface area contributed by atoms with Crippen LogP contribution in [0.3, 0.4) is 0 Å². The summed E-state index contributed by atoms with van der Waals surface area (Å²) in [5.41, 5.74) is 1.27. The van der Waals surface area contributed by atoms with Crippen LogP contribution in [0.25, 0.3) is 10.9 Å². The third-order valence-corrected chi connectivity index (χ3v) is 10.2. The summed E-state index contributed by atoms with van der Waals surface area (Å²) in [6, 6.07) is 5.68. The molecule has 0 amide bonds. The molecule has 0 unspecified atom stereocenters. The van der Waals surface area contributed by atoms with E-state index in [4.69, 9.17) is 13.9 Å². The molecule has 2 aromatic rings. The normalized spacial score (nSPS) is 12.4. The van der Waals surface area contributed by atoms with E-state index in [0.717, 1.165) is 16.7 Å². The zero-order chi connectivity index (χ0) is 19.5. The van der Waals surface area contributed by atoms with Gasteiger partial charge in [0.05, 0.1) is 17.7 Å². The van der Waals surface area contributed by atoms with Gasteiger partial charge in [0, 0.05) is 10.9 Å². The number of halogens is 1. The fraction of sp³-hybridized carbons (Fsp3) is 0.526. The van der Waals surface area contributed by atoms with Crippen molar-refractivity contribution in [2.75, 3.05) is 19.8 Å². The van der Waals surface area contributed by atoms with E-state index >= 15 is 0 Å². The number of aromatic amines is 1. The Balaban J connectivity index is 2.03. The molecule has 1 aromatic carbocycles. The van der Waals surface area contributed by atoms with Crippen molar-refractivity contribution in [1.82, 2.24) is 4.98 Å². The number of H-pyrrole nitrogens is 1. The Morgan fingerprint density at radius 3 is 2.54 bits per heavy atom. The first kappa shape index (κ1) is 21.0. The smallest absolute Gasteiger partial charge is 0.355 e. The maximum Gasteiger partial charge on any atom is 0.355 e. The molecule has 0 fully saturated rings. The lowest BCUT2D eigenvalue weighted by atomic mass is 10.2. The monoisotopic (exact) mass is 441 g/mol. The fourth-order valence-corrected chi connectivity index (χ4v) is 3.86. The van der Waals surface area contributed by atoms with E-state index < -0.39 is 8.32 Å². The molecule has 0 aliphatic rings. The lowest BCUT2D eigenvalue weighted by Gasteiger charge is -2.36. The lowest BCUT2D eigenvalue weighted by Crippen LogP contribution is -2.41. The fourth-order valence-electron chi connectivity index (χ4n) is 2.24. The highest BCUT2D eigenvalue weighted by Crippen LogP contribution is 2.36. The molecule has 26 heavy (non-hydrogen) atoms. The molecule has 0 aliphatic carbocycles. The average molecular weight is 442 g/mol. The van der Waals surface area contributed by atoms with Gasteiger partial charge in [-0.15, -0.1) is 0 Å². The van der Waals surface area contributed by atoms with Crippen molar-refractivity contribution < 1.29 is 18.7 Å². The molecule has 0 atom stereocenters. The molecule has 0 spiro atoms. The summed E-state index contributed by atoms with van der Waals surface area (Å²) in [5, 5.41) is 1.07. The quantitative estimate of drug-likeness (QED) is 0.349. The molecule has 144 valence electrons. The number of benzene rings is 1. The molecule has 1 heterocycles. The van der Waals surface area contributed by atoms with Crippen LogP contribution in [0.1, 0.15) is 38.2 Å². The van der Waals surface area contributed by atoms with Gasteiger partial charge in [-0.3, -0.25) is 0 Å². The maximum atomic E-state index is 12.0. The molecule has 1 N–H and O–H groups in total. The van der Waals surface area contributed by atoms with Crippen molar-refractivity contribution in [2.45, 2.75) is 45.8 Å². The van der Waals surface area contributed by atoms with Crippen molar-refractivity contribution in [3.05, 3.63) is 28.4 Å². The van der Waals surface area contributed by atoms with Crippen molar-refractivity contribution in [1.29, 1.82) is 0 Å². The summed E-state index contributed by atoms with van der Waals surface area (Å²) >= 11 is 3.48. The van der Waals surface area contributed by atoms with Gasteiger partial charge in [-0.1, -0.05) is 20.8 Å². The molecule has 0 radical (unpaired) electrons. The summed E-state index contributed by atoms with van der Waals surface area (Å²) in [6.45, 7) is 14.3. The van der Waals surface area contributed by atoms with E-state index in [2.05, 4.69) is 54.8 Å². The van der Waals surface area contributed by atoms with Crippen LogP contribution in [0.5, 0.6) is 5.75 Å². The second kappa shape index (κ2) is 8.15. The first-order valence-electron chi connectivity index (χ1n) is 8.82. The summed E-state index contributed by atoms with van der Waals surface area (Å²) in [5.74, 6) is 0.368. The van der Waals surface area contributed by atoms with E-state index in [1.807, 2.05) is 18.2 Å². The van der Waals surface area contributed by atoms with E-state index in [1.165, 1.54) is 0 Å². The predicted molar refractivity (Wildman–Crippen MR) is 111 cm³/mol. The highest BCUT2D eigenvalue weighted by molar-refractivity contribution is 9.10. The number of carbonyl (C=O) groups excluding carboxylic acids is 1. The average Bonchev–Trinajstić information content (AvgIpc) is 2.87. The highest BCUT2D eigenvalue weighted by Gasteiger charge is 2.36. The number of ether oxygens (including phenoxy) is 2. The minimum atomic E-state index is -1.76. The van der Waals surface area contributed by atoms with Gasteiger partial charge in [-0.05, 0) is 59.2 Å². The van der Waals surface area contributed by atoms with E-state index in [9.17, 15) is 4.79 Å². The van der Waals surface area contributed by atoms with Crippen LogP contribution in [-0.2, 0) is 9.16 Å². The molecule has 5 nitrogen and oxygen atoms in total. The van der Waals surface area contributed by atoms with E-state index in [1.54, 1.807) is 6.92 Å². The van der Waals surface area contributed by atoms with Gasteiger partial charge in [0.25, 0.3) is 0 Å². The predicted octanol–water partition coefficient (Wildman–Crippen LogP) is 5.51. The Bertz CT molecular complexity index is 780. The minimum Gasteiger partial charge on any atom is -0.491 e. The Morgan fingerprint density at radius 2 is 1.92 bits per heavy atom. The molecule has 0 saturated heterocycles. The summed E-state index contributed by atoms with van der Waals surface area (Å²) in [6.07, 6.45) is 0. The number of esters is 1. The Morgan fingerprint density at radius 1 is 1.23 bits per heavy atom. The zero-order valence-corrected chi connectivity index (χ0v) is 19.0. The standard InChI is InChI=1S/C19H28BrNO4Si/c1-7-23-18(22)17-16(20)14-12-13(8-9-15(14)21-17)24-10-11-25-26(5,6)19(2,3)4/h8-9,12,21H,7,10-11H2,1-6H3. The van der Waals surface area contributed by atoms with Crippen LogP contribution >= 0.6 is 15.9 Å². The molecule has 2 rings (SSSR count). The number of hydrogen-bond donors (Lipinski definition) is 1. The van der Waals surface area contributed by atoms with Crippen LogP contribution in [0, 0.1) is 0 Å². The highest BCUT2D eigenvalue weighted by atomic mass is 79.9. The lowest BCUT2D eigenvalue weighted by molar-refractivity contribution is 0.0519. The number of rotatable bonds is 7. The second-order valence-electron chi connectivity index (χ2n) is 7.70. The molecule has 0 saturated carbocycles. The largest absolute Gasteiger partial charge is 0.491 e. The summed E-state index contributed by atoms with van der Waals surface area (Å²) < 4.78 is 17.7. The zero-order valence-electron chi connectivity index (χ0n) is 16.4. The van der Waals surface area contributed by atoms with Gasteiger partial charge in [-0.25, -0.2) is 4.79 Å². The third kappa shape index (κ3) is 4.69. The van der Waals surface area contributed by atoms with Crippen molar-refractivity contribution in [3.8, 4) is 5.75 Å². The summed E-state index contributed by atoms with van der Waals surface area (Å²) in [4.78, 5) is 15.1. The van der Waals surface area contributed by atoms with Crippen LogP contribution < -0.4 is 4.74 Å². The Labute approximate surface area is 164 Å². The van der Waals surface area contributed by atoms with Crippen molar-refractivity contribution in [3.63, 3.8) is 0 Å². The number of carbonyl (C=O) groups is 1. The van der Waals surface area contributed by atoms with Gasteiger partial charge < -0.3 is 18.9 Å². The van der Waals surface area contributed by atoms with E-state index in [0.29, 0.717) is 30.0 Å². The summed E-state index contributed by atoms with van der Waals surface area (Å²) in [7, 11) is -1.76. The van der Waals surface area contributed by atoms with Crippen LogP contribution in [0.4, 0.5) is 0 Å². The van der Waals surface area contributed by atoms with Crippen LogP contribution in [-0.4, -0.2) is 39.1 Å². The SMILES string of the molecule is CCOC(=O)c1[nH]c2ccc(OCCO[Si](C)(C)C(C)(C)C)cc2c1Br. The molecular weight excluding hydrogens is 414 g/mol. The molecule has 1 aromatic heterocycles. The molecule has 7 heteroatoms. The molecular formula is C19H28BrNO4Si. The Kier molecular flexibility index (Phi) is 6.58. The number of nitrogens with one attached hydrogen (secondary N) is 1. The first-order valence-corrected chi connectivity index (χ1v) is 12.5. The van der Waals surface area contributed by atoms with Crippen molar-refractivity contribution >= 4 is 41.1 Å². The minimum absolute atomic E-state index is 0.186. The van der Waals surface area contributed by atoms with Crippen LogP contribution in [0.15, 0.2) is 22.7 Å². The van der Waals surface area contributed by atoms with E-state index in [-0.39, 0.29) is 11.0 Å². The third-order valence-electron chi connectivity index (χ3n) is 4.81. The Hall–Kier alpha value is -1.31. The topological polar surface area (TPSA) is 60.6 Å². The molecule has 0 aliphatic heterocycles. The van der Waals surface area contributed by atoms with Crippen molar-refractivity contribution in [2.24, 2.45) is 0 Å². The van der Waals surface area contributed by atoms with Crippen LogP contribution in [0.2, 0.25) is 18.1 Å². The van der Waals surface area contributed by atoms with Gasteiger partial charge in [-0.2, -0.15) is 0 Å². The maximum absolute atomic E-state index is 12.0. The van der Waals surface area contributed by atoms with Gasteiger partial charge >= 0.3 is 5.97 Å². The van der Waals surface area contributed by atoms with Gasteiger partial charge in [0.15, 0.2) is 8.32 Å². The number of hydrogen-bond acceptors (Lipinski definition) is 4. The first-order chi connectivity index (χ1) is 12.1. The number of fused-ring (bicyclic) bond motifs is 1. The molecule has 0 bridgehead atoms. The van der Waals surface area contributed by atoms with Gasteiger partial charge in [0.2, 0.25) is 0 Å². The number of aromatic nitrogens is 1. The van der Waals surface area contributed by atoms with Gasteiger partial charge in [0.1, 0.15) is 18.1 Å².